The van der Waals surface area contributed by atoms with Crippen LogP contribution >= 0.6 is 0 Å². The zero-order chi connectivity index (χ0) is 9.68. The Hall–Kier alpha value is -1.22. The fraction of sp³-hybridized carbons (Fsp3) is 0.400. The van der Waals surface area contributed by atoms with Crippen molar-refractivity contribution >= 4 is 0 Å². The highest BCUT2D eigenvalue weighted by atomic mass is 16.5. The highest BCUT2D eigenvalue weighted by Gasteiger charge is 2.03. The predicted molar refractivity (Wildman–Crippen MR) is 52.0 cm³/mol. The van der Waals surface area contributed by atoms with Gasteiger partial charge in [-0.05, 0) is 31.5 Å². The zero-order valence-electron chi connectivity index (χ0n) is 7.79. The Labute approximate surface area is 78.1 Å². The minimum Gasteiger partial charge on any atom is -0.508 e. The molecule has 0 bridgehead atoms. The van der Waals surface area contributed by atoms with E-state index in [4.69, 9.17) is 10.5 Å². The third-order valence-corrected chi connectivity index (χ3v) is 1.76. The molecule has 0 aliphatic carbocycles. The van der Waals surface area contributed by atoms with Crippen LogP contribution in [0.25, 0.3) is 0 Å². The minimum absolute atomic E-state index is 0.226. The molecule has 0 heterocycles. The van der Waals surface area contributed by atoms with Crippen LogP contribution in [0.3, 0.4) is 0 Å². The molecular formula is C10H15NO2. The van der Waals surface area contributed by atoms with Crippen molar-refractivity contribution in [2.24, 2.45) is 5.73 Å². The lowest BCUT2D eigenvalue weighted by Crippen LogP contribution is -2.05. The molecule has 0 amide bonds. The number of ether oxygens (including phenoxy) is 1. The number of phenols is 1. The average molecular weight is 181 g/mol. The molecule has 0 saturated heterocycles. The molecule has 13 heavy (non-hydrogen) atoms. The molecular weight excluding hydrogens is 166 g/mol. The first-order valence-corrected chi connectivity index (χ1v) is 4.42. The highest BCUT2D eigenvalue weighted by molar-refractivity contribution is 5.40. The molecule has 0 fully saturated rings. The molecule has 0 radical (unpaired) electrons. The second-order valence-corrected chi connectivity index (χ2v) is 2.76. The van der Waals surface area contributed by atoms with Crippen molar-refractivity contribution in [3.63, 3.8) is 0 Å². The summed E-state index contributed by atoms with van der Waals surface area (Å²) in [4.78, 5) is 0. The largest absolute Gasteiger partial charge is 0.508 e. The molecule has 3 N–H and O–H groups in total. The number of nitrogens with two attached hydrogens (primary N) is 1. The van der Waals surface area contributed by atoms with Crippen molar-refractivity contribution in [2.45, 2.75) is 13.3 Å². The lowest BCUT2D eigenvalue weighted by molar-refractivity contribution is 0.334. The summed E-state index contributed by atoms with van der Waals surface area (Å²) in [7, 11) is 0. The van der Waals surface area contributed by atoms with Gasteiger partial charge < -0.3 is 15.6 Å². The maximum Gasteiger partial charge on any atom is 0.126 e. The molecule has 0 unspecified atom stereocenters. The van der Waals surface area contributed by atoms with Gasteiger partial charge in [0, 0.05) is 6.07 Å². The Morgan fingerprint density at radius 1 is 1.46 bits per heavy atom. The Morgan fingerprint density at radius 2 is 2.23 bits per heavy atom. The maximum atomic E-state index is 9.22. The summed E-state index contributed by atoms with van der Waals surface area (Å²) >= 11 is 0. The maximum absolute atomic E-state index is 9.22. The van der Waals surface area contributed by atoms with Crippen LogP contribution in [0.5, 0.6) is 11.5 Å². The summed E-state index contributed by atoms with van der Waals surface area (Å²) in [5.74, 6) is 0.956. The number of aromatic hydroxyl groups is 1. The summed E-state index contributed by atoms with van der Waals surface area (Å²) in [6.45, 7) is 3.10. The lowest BCUT2D eigenvalue weighted by atomic mass is 10.1. The van der Waals surface area contributed by atoms with Crippen LogP contribution in [-0.4, -0.2) is 18.3 Å². The summed E-state index contributed by atoms with van der Waals surface area (Å²) in [6, 6.07) is 5.11. The van der Waals surface area contributed by atoms with Crippen molar-refractivity contribution in [1.29, 1.82) is 0 Å². The van der Waals surface area contributed by atoms with Crippen LogP contribution in [-0.2, 0) is 6.42 Å². The highest BCUT2D eigenvalue weighted by Crippen LogP contribution is 2.24. The number of hydrogen-bond acceptors (Lipinski definition) is 3. The molecule has 0 aliphatic rings. The number of phenolic OH excluding ortho intramolecular Hbond substituents is 1. The van der Waals surface area contributed by atoms with E-state index >= 15 is 0 Å². The number of rotatable bonds is 4. The van der Waals surface area contributed by atoms with Gasteiger partial charge >= 0.3 is 0 Å². The van der Waals surface area contributed by atoms with Gasteiger partial charge in [0.2, 0.25) is 0 Å². The molecule has 72 valence electrons. The second-order valence-electron chi connectivity index (χ2n) is 2.76. The van der Waals surface area contributed by atoms with Gasteiger partial charge in [0.25, 0.3) is 0 Å². The monoisotopic (exact) mass is 181 g/mol. The van der Waals surface area contributed by atoms with Crippen molar-refractivity contribution in [2.75, 3.05) is 13.2 Å². The third kappa shape index (κ3) is 2.63. The van der Waals surface area contributed by atoms with E-state index in [2.05, 4.69) is 0 Å². The van der Waals surface area contributed by atoms with Crippen LogP contribution in [0, 0.1) is 0 Å². The molecule has 3 nitrogen and oxygen atoms in total. The zero-order valence-corrected chi connectivity index (χ0v) is 7.79. The van der Waals surface area contributed by atoms with Crippen molar-refractivity contribution in [3.8, 4) is 11.5 Å². The Kier molecular flexibility index (Phi) is 3.58. The van der Waals surface area contributed by atoms with Crippen LogP contribution in [0.15, 0.2) is 18.2 Å². The number of benzene rings is 1. The summed E-state index contributed by atoms with van der Waals surface area (Å²) in [5, 5.41) is 9.22. The van der Waals surface area contributed by atoms with Crippen LogP contribution in [0.2, 0.25) is 0 Å². The van der Waals surface area contributed by atoms with Crippen LogP contribution in [0.4, 0.5) is 0 Å². The van der Waals surface area contributed by atoms with E-state index in [-0.39, 0.29) is 5.75 Å². The Balaban J connectivity index is 2.89. The Morgan fingerprint density at radius 3 is 2.85 bits per heavy atom. The van der Waals surface area contributed by atoms with Crippen LogP contribution < -0.4 is 10.5 Å². The normalized spacial score (nSPS) is 10.0. The van der Waals surface area contributed by atoms with E-state index in [1.54, 1.807) is 12.1 Å². The first-order chi connectivity index (χ1) is 6.27. The third-order valence-electron chi connectivity index (χ3n) is 1.76. The average Bonchev–Trinajstić information content (AvgIpc) is 2.10. The van der Waals surface area contributed by atoms with Gasteiger partial charge in [-0.3, -0.25) is 0 Å². The molecule has 0 spiro atoms. The lowest BCUT2D eigenvalue weighted by Gasteiger charge is -2.09. The SMILES string of the molecule is CCOc1cc(O)ccc1CCN. The van der Waals surface area contributed by atoms with Crippen molar-refractivity contribution in [1.82, 2.24) is 0 Å². The van der Waals surface area contributed by atoms with Crippen molar-refractivity contribution < 1.29 is 9.84 Å². The van der Waals surface area contributed by atoms with E-state index in [1.165, 1.54) is 0 Å². The molecule has 0 aromatic heterocycles. The first kappa shape index (κ1) is 9.86. The van der Waals surface area contributed by atoms with E-state index in [0.717, 1.165) is 17.7 Å². The van der Waals surface area contributed by atoms with Gasteiger partial charge in [-0.25, -0.2) is 0 Å². The standard InChI is InChI=1S/C10H15NO2/c1-2-13-10-7-9(12)4-3-8(10)5-6-11/h3-4,7,12H,2,5-6,11H2,1H3. The molecule has 0 atom stereocenters. The fourth-order valence-electron chi connectivity index (χ4n) is 1.20. The molecule has 1 rings (SSSR count). The topological polar surface area (TPSA) is 55.5 Å². The van der Waals surface area contributed by atoms with Crippen LogP contribution in [0.1, 0.15) is 12.5 Å². The molecule has 0 saturated carbocycles. The predicted octanol–water partition coefficient (Wildman–Crippen LogP) is 1.29. The first-order valence-electron chi connectivity index (χ1n) is 4.42. The summed E-state index contributed by atoms with van der Waals surface area (Å²) in [5.41, 5.74) is 6.49. The molecule has 1 aromatic rings. The van der Waals surface area contributed by atoms with E-state index < -0.39 is 0 Å². The summed E-state index contributed by atoms with van der Waals surface area (Å²) < 4.78 is 5.35. The van der Waals surface area contributed by atoms with Gasteiger partial charge in [0.05, 0.1) is 6.61 Å². The second kappa shape index (κ2) is 4.72. The fourth-order valence-corrected chi connectivity index (χ4v) is 1.20. The van der Waals surface area contributed by atoms with E-state index in [1.807, 2.05) is 13.0 Å². The van der Waals surface area contributed by atoms with E-state index in [0.29, 0.717) is 13.2 Å². The van der Waals surface area contributed by atoms with Gasteiger partial charge in [-0.2, -0.15) is 0 Å². The molecule has 3 heteroatoms. The Bertz CT molecular complexity index is 274. The number of hydrogen-bond donors (Lipinski definition) is 2. The smallest absolute Gasteiger partial charge is 0.126 e. The van der Waals surface area contributed by atoms with Gasteiger partial charge in [0.15, 0.2) is 0 Å². The van der Waals surface area contributed by atoms with Gasteiger partial charge in [-0.1, -0.05) is 6.07 Å². The van der Waals surface area contributed by atoms with E-state index in [9.17, 15) is 5.11 Å². The quantitative estimate of drug-likeness (QED) is 0.736. The van der Waals surface area contributed by atoms with Gasteiger partial charge in [-0.15, -0.1) is 0 Å². The minimum atomic E-state index is 0.226. The van der Waals surface area contributed by atoms with Crippen molar-refractivity contribution in [3.05, 3.63) is 23.8 Å². The molecule has 0 aliphatic heterocycles. The van der Waals surface area contributed by atoms with Gasteiger partial charge in [0.1, 0.15) is 11.5 Å². The summed E-state index contributed by atoms with van der Waals surface area (Å²) in [6.07, 6.45) is 0.773. The molecule has 1 aromatic carbocycles.